The highest BCUT2D eigenvalue weighted by atomic mass is 19.1. The Balaban J connectivity index is 1.64. The molecule has 1 N–H and O–H groups in total. The number of aliphatic carboxylic acids is 1. The number of benzene rings is 2. The molecule has 0 aliphatic rings. The van der Waals surface area contributed by atoms with Crippen LogP contribution in [0.4, 0.5) is 4.39 Å². The molecule has 0 aromatic heterocycles. The summed E-state index contributed by atoms with van der Waals surface area (Å²) in [4.78, 5) is 11.1. The molecule has 0 bridgehead atoms. The number of ether oxygens (including phenoxy) is 1. The molecule has 2 aromatic rings. The molecule has 0 aliphatic heterocycles. The summed E-state index contributed by atoms with van der Waals surface area (Å²) < 4.78 is 18.6. The number of unbranched alkanes of at least 4 members (excludes halogenated alkanes) is 2. The van der Waals surface area contributed by atoms with Crippen LogP contribution >= 0.6 is 0 Å². The molecule has 3 nitrogen and oxygen atoms in total. The smallest absolute Gasteiger partial charge is 0.309 e. The maximum Gasteiger partial charge on any atom is 0.309 e. The van der Waals surface area contributed by atoms with Crippen molar-refractivity contribution in [1.29, 1.82) is 0 Å². The lowest BCUT2D eigenvalue weighted by atomic mass is 9.87. The molecular weight excluding hydrogens is 343 g/mol. The Kier molecular flexibility index (Phi) is 7.83. The van der Waals surface area contributed by atoms with Gasteiger partial charge in [-0.3, -0.25) is 4.79 Å². The van der Waals surface area contributed by atoms with Crippen LogP contribution in [0.2, 0.25) is 0 Å². The predicted molar refractivity (Wildman–Crippen MR) is 106 cm³/mol. The fourth-order valence-corrected chi connectivity index (χ4v) is 2.87. The van der Waals surface area contributed by atoms with E-state index in [4.69, 9.17) is 9.84 Å². The first-order valence-electron chi connectivity index (χ1n) is 9.56. The fourth-order valence-electron chi connectivity index (χ4n) is 2.87. The average molecular weight is 372 g/mol. The molecule has 0 heterocycles. The van der Waals surface area contributed by atoms with E-state index in [2.05, 4.69) is 12.1 Å². The van der Waals surface area contributed by atoms with Gasteiger partial charge in [0, 0.05) is 6.42 Å². The van der Waals surface area contributed by atoms with Crippen molar-refractivity contribution in [2.45, 2.75) is 52.4 Å². The summed E-state index contributed by atoms with van der Waals surface area (Å²) in [5.41, 5.74) is 1.69. The van der Waals surface area contributed by atoms with Crippen molar-refractivity contribution in [3.63, 3.8) is 0 Å². The van der Waals surface area contributed by atoms with Crippen molar-refractivity contribution in [3.8, 4) is 5.75 Å². The van der Waals surface area contributed by atoms with Gasteiger partial charge in [0.2, 0.25) is 0 Å². The van der Waals surface area contributed by atoms with E-state index in [1.807, 2.05) is 12.1 Å². The van der Waals surface area contributed by atoms with E-state index >= 15 is 0 Å². The van der Waals surface area contributed by atoms with Gasteiger partial charge in [-0.1, -0.05) is 37.1 Å². The standard InChI is InChI=1S/C23H29FO3/c1-23(2,22(25)26)16-5-3-4-6-18-9-13-21(14-10-18)27-17-15-19-7-11-20(24)12-8-19/h7-14H,3-6,15-17H2,1-2H3,(H,25,26). The quantitative estimate of drug-likeness (QED) is 0.518. The second kappa shape index (κ2) is 10.1. The lowest BCUT2D eigenvalue weighted by Crippen LogP contribution is -2.23. The Morgan fingerprint density at radius 1 is 0.926 bits per heavy atom. The lowest BCUT2D eigenvalue weighted by Gasteiger charge is -2.18. The van der Waals surface area contributed by atoms with E-state index in [1.54, 1.807) is 26.0 Å². The fraction of sp³-hybridized carbons (Fsp3) is 0.435. The molecule has 2 aromatic carbocycles. The van der Waals surface area contributed by atoms with Crippen molar-refractivity contribution in [3.05, 3.63) is 65.5 Å². The largest absolute Gasteiger partial charge is 0.493 e. The molecule has 2 rings (SSSR count). The molecule has 0 amide bonds. The van der Waals surface area contributed by atoms with Crippen LogP contribution in [0.1, 0.15) is 50.7 Å². The third kappa shape index (κ3) is 7.41. The molecule has 4 heteroatoms. The normalized spacial score (nSPS) is 11.4. The SMILES string of the molecule is CC(C)(CCCCCc1ccc(OCCc2ccc(F)cc2)cc1)C(=O)O. The van der Waals surface area contributed by atoms with Crippen LogP contribution in [0, 0.1) is 11.2 Å². The van der Waals surface area contributed by atoms with E-state index in [1.165, 1.54) is 17.7 Å². The molecule has 0 radical (unpaired) electrons. The Bertz CT molecular complexity index is 705. The van der Waals surface area contributed by atoms with E-state index in [9.17, 15) is 9.18 Å². The molecule has 0 spiro atoms. The molecule has 27 heavy (non-hydrogen) atoms. The molecule has 0 atom stereocenters. The zero-order chi connectivity index (χ0) is 19.7. The molecule has 0 aliphatic carbocycles. The van der Waals surface area contributed by atoms with Crippen molar-refractivity contribution in [1.82, 2.24) is 0 Å². The van der Waals surface area contributed by atoms with Crippen LogP contribution in [0.25, 0.3) is 0 Å². The number of carbonyl (C=O) groups is 1. The van der Waals surface area contributed by atoms with Gasteiger partial charge in [0.15, 0.2) is 0 Å². The van der Waals surface area contributed by atoms with E-state index < -0.39 is 11.4 Å². The Labute approximate surface area is 161 Å². The van der Waals surface area contributed by atoms with Gasteiger partial charge in [-0.05, 0) is 68.5 Å². The summed E-state index contributed by atoms with van der Waals surface area (Å²) in [6.45, 7) is 4.12. The van der Waals surface area contributed by atoms with Gasteiger partial charge in [-0.25, -0.2) is 4.39 Å². The zero-order valence-electron chi connectivity index (χ0n) is 16.2. The molecular formula is C23H29FO3. The summed E-state index contributed by atoms with van der Waals surface area (Å²) in [6.07, 6.45) is 5.47. The number of carboxylic acid groups (broad SMARTS) is 1. The lowest BCUT2D eigenvalue weighted by molar-refractivity contribution is -0.147. The van der Waals surface area contributed by atoms with Crippen molar-refractivity contribution >= 4 is 5.97 Å². The first kappa shape index (κ1) is 20.9. The summed E-state index contributed by atoms with van der Waals surface area (Å²) in [5.74, 6) is -0.109. The van der Waals surface area contributed by atoms with Crippen molar-refractivity contribution in [2.24, 2.45) is 5.41 Å². The van der Waals surface area contributed by atoms with Crippen LogP contribution in [-0.2, 0) is 17.6 Å². The predicted octanol–water partition coefficient (Wildman–Crippen LogP) is 5.66. The van der Waals surface area contributed by atoms with Gasteiger partial charge < -0.3 is 9.84 Å². The Hall–Kier alpha value is -2.36. The summed E-state index contributed by atoms with van der Waals surface area (Å²) >= 11 is 0. The van der Waals surface area contributed by atoms with Gasteiger partial charge in [-0.15, -0.1) is 0 Å². The second-order valence-electron chi connectivity index (χ2n) is 7.62. The number of aryl methyl sites for hydroxylation is 1. The summed E-state index contributed by atoms with van der Waals surface area (Å²) in [5, 5.41) is 9.11. The minimum atomic E-state index is -0.725. The van der Waals surface area contributed by atoms with E-state index in [0.717, 1.165) is 43.4 Å². The molecule has 146 valence electrons. The Morgan fingerprint density at radius 3 is 2.15 bits per heavy atom. The molecule has 0 saturated carbocycles. The number of halogens is 1. The third-order valence-electron chi connectivity index (χ3n) is 4.84. The van der Waals surface area contributed by atoms with Crippen LogP contribution < -0.4 is 4.74 Å². The topological polar surface area (TPSA) is 46.5 Å². The summed E-state index contributed by atoms with van der Waals surface area (Å²) in [6, 6.07) is 14.6. The van der Waals surface area contributed by atoms with Gasteiger partial charge in [0.1, 0.15) is 11.6 Å². The van der Waals surface area contributed by atoms with Crippen molar-refractivity contribution < 1.29 is 19.0 Å². The van der Waals surface area contributed by atoms with Gasteiger partial charge in [0.25, 0.3) is 0 Å². The van der Waals surface area contributed by atoms with Gasteiger partial charge in [-0.2, -0.15) is 0 Å². The number of carboxylic acids is 1. The zero-order valence-corrected chi connectivity index (χ0v) is 16.2. The monoisotopic (exact) mass is 372 g/mol. The number of rotatable bonds is 11. The Morgan fingerprint density at radius 2 is 1.52 bits per heavy atom. The van der Waals surface area contributed by atoms with E-state index in [-0.39, 0.29) is 5.82 Å². The molecule has 0 fully saturated rings. The minimum absolute atomic E-state index is 0.221. The summed E-state index contributed by atoms with van der Waals surface area (Å²) in [7, 11) is 0. The number of hydrogen-bond acceptors (Lipinski definition) is 2. The maximum absolute atomic E-state index is 12.9. The average Bonchev–Trinajstić information content (AvgIpc) is 2.64. The van der Waals surface area contributed by atoms with Crippen molar-refractivity contribution in [2.75, 3.05) is 6.61 Å². The molecule has 0 unspecified atom stereocenters. The first-order chi connectivity index (χ1) is 12.9. The van der Waals surface area contributed by atoms with Gasteiger partial charge in [0.05, 0.1) is 12.0 Å². The van der Waals surface area contributed by atoms with Crippen LogP contribution in [0.5, 0.6) is 5.75 Å². The highest BCUT2D eigenvalue weighted by molar-refractivity contribution is 5.73. The minimum Gasteiger partial charge on any atom is -0.493 e. The van der Waals surface area contributed by atoms with Crippen LogP contribution in [-0.4, -0.2) is 17.7 Å². The van der Waals surface area contributed by atoms with Crippen LogP contribution in [0.3, 0.4) is 0 Å². The second-order valence-corrected chi connectivity index (χ2v) is 7.62. The van der Waals surface area contributed by atoms with Crippen LogP contribution in [0.15, 0.2) is 48.5 Å². The number of hydrogen-bond donors (Lipinski definition) is 1. The highest BCUT2D eigenvalue weighted by Gasteiger charge is 2.25. The van der Waals surface area contributed by atoms with Gasteiger partial charge >= 0.3 is 5.97 Å². The maximum atomic E-state index is 12.9. The highest BCUT2D eigenvalue weighted by Crippen LogP contribution is 2.24. The van der Waals surface area contributed by atoms with E-state index in [0.29, 0.717) is 13.0 Å². The first-order valence-corrected chi connectivity index (χ1v) is 9.56. The third-order valence-corrected chi connectivity index (χ3v) is 4.84. The molecule has 0 saturated heterocycles.